The van der Waals surface area contributed by atoms with Crippen molar-refractivity contribution in [2.45, 2.75) is 32.2 Å². The van der Waals surface area contributed by atoms with E-state index in [1.165, 1.54) is 5.56 Å². The van der Waals surface area contributed by atoms with Crippen molar-refractivity contribution in [3.05, 3.63) is 66.0 Å². The molecule has 0 radical (unpaired) electrons. The first-order valence-electron chi connectivity index (χ1n) is 9.52. The van der Waals surface area contributed by atoms with Crippen molar-refractivity contribution in [1.82, 2.24) is 24.4 Å². The lowest BCUT2D eigenvalue weighted by Crippen LogP contribution is -2.33. The van der Waals surface area contributed by atoms with Crippen LogP contribution in [0.5, 0.6) is 0 Å². The van der Waals surface area contributed by atoms with Crippen molar-refractivity contribution in [3.63, 3.8) is 0 Å². The third-order valence-corrected chi connectivity index (χ3v) is 5.38. The first-order chi connectivity index (χ1) is 13.2. The molecule has 0 spiro atoms. The van der Waals surface area contributed by atoms with Gasteiger partial charge in [0.15, 0.2) is 0 Å². The highest BCUT2D eigenvalue weighted by atomic mass is 15.2. The lowest BCUT2D eigenvalue weighted by atomic mass is 9.90. The highest BCUT2D eigenvalue weighted by molar-refractivity contribution is 5.56. The summed E-state index contributed by atoms with van der Waals surface area (Å²) in [4.78, 5) is 15.8. The van der Waals surface area contributed by atoms with Gasteiger partial charge in [0, 0.05) is 31.8 Å². The number of aromatic nitrogens is 4. The number of piperidine rings is 1. The lowest BCUT2D eigenvalue weighted by molar-refractivity contribution is 0.198. The van der Waals surface area contributed by atoms with Crippen molar-refractivity contribution in [2.75, 3.05) is 18.4 Å². The van der Waals surface area contributed by atoms with Crippen molar-refractivity contribution >= 4 is 11.6 Å². The standard InChI is InChI=1S/C21H26N6/c1-16-4-3-8-24-21(16)25-19-14-18(5-9-22-19)17-6-11-27(12-7-17)15-20-23-10-13-26(20)2/h3-5,8-10,13-14,17H,6-7,11-12,15H2,1-2H3,(H,22,24,25). The van der Waals surface area contributed by atoms with Gasteiger partial charge in [-0.2, -0.15) is 0 Å². The fourth-order valence-corrected chi connectivity index (χ4v) is 3.68. The molecule has 0 bridgehead atoms. The number of imidazole rings is 1. The maximum absolute atomic E-state index is 4.47. The third-order valence-electron chi connectivity index (χ3n) is 5.38. The molecule has 0 aromatic carbocycles. The van der Waals surface area contributed by atoms with Gasteiger partial charge in [-0.3, -0.25) is 4.90 Å². The van der Waals surface area contributed by atoms with Gasteiger partial charge >= 0.3 is 0 Å². The van der Waals surface area contributed by atoms with Crippen LogP contribution in [-0.4, -0.2) is 37.5 Å². The molecule has 1 fully saturated rings. The average Bonchev–Trinajstić information content (AvgIpc) is 3.09. The lowest BCUT2D eigenvalue weighted by Gasteiger charge is -2.32. The van der Waals surface area contributed by atoms with Crippen molar-refractivity contribution in [3.8, 4) is 0 Å². The molecule has 27 heavy (non-hydrogen) atoms. The van der Waals surface area contributed by atoms with Crippen LogP contribution in [0.2, 0.25) is 0 Å². The fraction of sp³-hybridized carbons (Fsp3) is 0.381. The van der Waals surface area contributed by atoms with Crippen molar-refractivity contribution in [2.24, 2.45) is 7.05 Å². The first-order valence-corrected chi connectivity index (χ1v) is 9.52. The van der Waals surface area contributed by atoms with E-state index < -0.39 is 0 Å². The maximum Gasteiger partial charge on any atom is 0.134 e. The predicted molar refractivity (Wildman–Crippen MR) is 107 cm³/mol. The zero-order valence-corrected chi connectivity index (χ0v) is 16.0. The van der Waals surface area contributed by atoms with E-state index in [0.717, 1.165) is 55.5 Å². The van der Waals surface area contributed by atoms with Crippen molar-refractivity contribution in [1.29, 1.82) is 0 Å². The number of hydrogen-bond acceptors (Lipinski definition) is 5. The Hall–Kier alpha value is -2.73. The summed E-state index contributed by atoms with van der Waals surface area (Å²) in [5, 5.41) is 3.35. The van der Waals surface area contributed by atoms with Crippen LogP contribution in [0, 0.1) is 6.92 Å². The minimum atomic E-state index is 0.580. The number of nitrogens with zero attached hydrogens (tertiary/aromatic N) is 5. The molecule has 4 rings (SSSR count). The Morgan fingerprint density at radius 1 is 1.07 bits per heavy atom. The number of likely N-dealkylation sites (tertiary alicyclic amines) is 1. The second-order valence-corrected chi connectivity index (χ2v) is 7.27. The van der Waals surface area contributed by atoms with Crippen LogP contribution >= 0.6 is 0 Å². The molecule has 4 heterocycles. The van der Waals surface area contributed by atoms with E-state index in [4.69, 9.17) is 0 Å². The summed E-state index contributed by atoms with van der Waals surface area (Å²) in [6.45, 7) is 5.18. The summed E-state index contributed by atoms with van der Waals surface area (Å²) in [5.41, 5.74) is 2.48. The molecular weight excluding hydrogens is 336 g/mol. The van der Waals surface area contributed by atoms with Gasteiger partial charge < -0.3 is 9.88 Å². The zero-order chi connectivity index (χ0) is 18.6. The van der Waals surface area contributed by atoms with Crippen LogP contribution in [0.4, 0.5) is 11.6 Å². The third kappa shape index (κ3) is 4.17. The molecule has 0 aliphatic carbocycles. The minimum absolute atomic E-state index is 0.580. The fourth-order valence-electron chi connectivity index (χ4n) is 3.68. The molecule has 3 aromatic heterocycles. The summed E-state index contributed by atoms with van der Waals surface area (Å²) in [7, 11) is 2.06. The molecule has 1 aliphatic rings. The van der Waals surface area contributed by atoms with E-state index >= 15 is 0 Å². The van der Waals surface area contributed by atoms with E-state index in [1.807, 2.05) is 24.7 Å². The second kappa shape index (κ2) is 7.88. The number of rotatable bonds is 5. The maximum atomic E-state index is 4.47. The molecule has 0 amide bonds. The SMILES string of the molecule is Cc1cccnc1Nc1cc(C2CCN(Cc3nccn3C)CC2)ccn1. The Morgan fingerprint density at radius 2 is 1.93 bits per heavy atom. The summed E-state index contributed by atoms with van der Waals surface area (Å²) < 4.78 is 2.10. The smallest absolute Gasteiger partial charge is 0.134 e. The molecule has 0 atom stereocenters. The number of pyridine rings is 2. The molecule has 0 unspecified atom stereocenters. The number of hydrogen-bond donors (Lipinski definition) is 1. The van der Waals surface area contributed by atoms with Gasteiger partial charge in [0.25, 0.3) is 0 Å². The molecule has 140 valence electrons. The Balaban J connectivity index is 1.38. The van der Waals surface area contributed by atoms with Crippen LogP contribution in [0.25, 0.3) is 0 Å². The summed E-state index contributed by atoms with van der Waals surface area (Å²) >= 11 is 0. The Kier molecular flexibility index (Phi) is 5.16. The molecule has 3 aromatic rings. The van der Waals surface area contributed by atoms with Gasteiger partial charge in [-0.15, -0.1) is 0 Å². The van der Waals surface area contributed by atoms with Crippen LogP contribution in [0.15, 0.2) is 49.1 Å². The van der Waals surface area contributed by atoms with Crippen LogP contribution < -0.4 is 5.32 Å². The number of nitrogens with one attached hydrogen (secondary N) is 1. The Bertz CT molecular complexity index is 895. The van der Waals surface area contributed by atoms with E-state index in [1.54, 1.807) is 6.20 Å². The Labute approximate surface area is 160 Å². The van der Waals surface area contributed by atoms with Crippen LogP contribution in [0.1, 0.15) is 35.7 Å². The van der Waals surface area contributed by atoms with E-state index in [0.29, 0.717) is 5.92 Å². The largest absolute Gasteiger partial charge is 0.337 e. The molecule has 1 aliphatic heterocycles. The molecule has 1 saturated heterocycles. The number of aryl methyl sites for hydroxylation is 2. The summed E-state index contributed by atoms with van der Waals surface area (Å²) in [6, 6.07) is 8.32. The summed E-state index contributed by atoms with van der Waals surface area (Å²) in [6.07, 6.45) is 9.91. The minimum Gasteiger partial charge on any atom is -0.337 e. The monoisotopic (exact) mass is 362 g/mol. The molecular formula is C21H26N6. The van der Waals surface area contributed by atoms with Gasteiger partial charge in [0.05, 0.1) is 6.54 Å². The van der Waals surface area contributed by atoms with E-state index in [9.17, 15) is 0 Å². The predicted octanol–water partition coefficient (Wildman–Crippen LogP) is 3.64. The first kappa shape index (κ1) is 17.7. The molecule has 6 nitrogen and oxygen atoms in total. The molecule has 6 heteroatoms. The number of anilines is 2. The second-order valence-electron chi connectivity index (χ2n) is 7.27. The van der Waals surface area contributed by atoms with Gasteiger partial charge in [-0.25, -0.2) is 15.0 Å². The zero-order valence-electron chi connectivity index (χ0n) is 16.0. The highest BCUT2D eigenvalue weighted by Crippen LogP contribution is 2.30. The van der Waals surface area contributed by atoms with Crippen molar-refractivity contribution < 1.29 is 0 Å². The van der Waals surface area contributed by atoms with Gasteiger partial charge in [0.2, 0.25) is 0 Å². The highest BCUT2D eigenvalue weighted by Gasteiger charge is 2.22. The quantitative estimate of drug-likeness (QED) is 0.751. The summed E-state index contributed by atoms with van der Waals surface area (Å²) in [5.74, 6) is 3.45. The topological polar surface area (TPSA) is 58.9 Å². The van der Waals surface area contributed by atoms with E-state index in [-0.39, 0.29) is 0 Å². The Morgan fingerprint density at radius 3 is 2.67 bits per heavy atom. The normalized spacial score (nSPS) is 15.8. The van der Waals surface area contributed by atoms with Gasteiger partial charge in [0.1, 0.15) is 17.5 Å². The van der Waals surface area contributed by atoms with Gasteiger partial charge in [-0.1, -0.05) is 6.07 Å². The van der Waals surface area contributed by atoms with Crippen LogP contribution in [0.3, 0.4) is 0 Å². The molecule has 0 saturated carbocycles. The molecule has 1 N–H and O–H groups in total. The van der Waals surface area contributed by atoms with Gasteiger partial charge in [-0.05, 0) is 68.1 Å². The van der Waals surface area contributed by atoms with Crippen LogP contribution in [-0.2, 0) is 13.6 Å². The van der Waals surface area contributed by atoms with E-state index in [2.05, 4.69) is 61.9 Å². The average molecular weight is 362 g/mol.